The Morgan fingerprint density at radius 2 is 2.33 bits per heavy atom. The molecular formula is C14H17N3O. The van der Waals surface area contributed by atoms with Crippen LogP contribution in [-0.4, -0.2) is 14.7 Å². The molecule has 3 N–H and O–H groups in total. The van der Waals surface area contributed by atoms with E-state index >= 15 is 0 Å². The summed E-state index contributed by atoms with van der Waals surface area (Å²) in [6.07, 6.45) is 4.78. The summed E-state index contributed by atoms with van der Waals surface area (Å²) in [6.45, 7) is 0.997. The molecule has 2 aromatic rings. The standard InChI is InChI=1S/C14H17N3O/c15-12-5-2-6-17-13(12)9-16-14(17)8-10-3-1-4-11(18)7-10/h1,3-4,7,9,12,18H,2,5-6,8,15H2. The Morgan fingerprint density at radius 1 is 1.44 bits per heavy atom. The third kappa shape index (κ3) is 1.99. The summed E-state index contributed by atoms with van der Waals surface area (Å²) in [5.74, 6) is 1.33. The zero-order valence-electron chi connectivity index (χ0n) is 10.2. The number of nitrogens with zero attached hydrogens (tertiary/aromatic N) is 2. The van der Waals surface area contributed by atoms with Gasteiger partial charge in [-0.1, -0.05) is 12.1 Å². The summed E-state index contributed by atoms with van der Waals surface area (Å²) in [5.41, 5.74) is 8.28. The number of imidazole rings is 1. The number of aromatic nitrogens is 2. The first-order valence-corrected chi connectivity index (χ1v) is 6.32. The molecule has 1 aliphatic rings. The lowest BCUT2D eigenvalue weighted by molar-refractivity contribution is 0.453. The Balaban J connectivity index is 1.90. The Morgan fingerprint density at radius 3 is 3.17 bits per heavy atom. The van der Waals surface area contributed by atoms with Crippen LogP contribution in [0.1, 0.15) is 36.0 Å². The number of hydrogen-bond acceptors (Lipinski definition) is 3. The average Bonchev–Trinajstić information content (AvgIpc) is 2.74. The molecule has 0 saturated heterocycles. The molecular weight excluding hydrogens is 226 g/mol. The Kier molecular flexibility index (Phi) is 2.80. The van der Waals surface area contributed by atoms with Gasteiger partial charge in [-0.15, -0.1) is 0 Å². The molecule has 1 unspecified atom stereocenters. The highest BCUT2D eigenvalue weighted by molar-refractivity contribution is 5.29. The van der Waals surface area contributed by atoms with E-state index in [0.717, 1.165) is 42.9 Å². The normalized spacial score (nSPS) is 18.6. The van der Waals surface area contributed by atoms with Crippen LogP contribution in [-0.2, 0) is 13.0 Å². The SMILES string of the molecule is NC1CCCn2c1cnc2Cc1cccc(O)c1. The number of rotatable bonds is 2. The van der Waals surface area contributed by atoms with Crippen molar-refractivity contribution in [2.45, 2.75) is 31.8 Å². The molecule has 0 fully saturated rings. The molecule has 1 aromatic carbocycles. The summed E-state index contributed by atoms with van der Waals surface area (Å²) in [6, 6.07) is 7.44. The van der Waals surface area contributed by atoms with Gasteiger partial charge in [0, 0.05) is 19.0 Å². The predicted molar refractivity (Wildman–Crippen MR) is 69.3 cm³/mol. The lowest BCUT2D eigenvalue weighted by Gasteiger charge is -2.22. The predicted octanol–water partition coefficient (Wildman–Crippen LogP) is 1.97. The van der Waals surface area contributed by atoms with Crippen LogP contribution in [0.4, 0.5) is 0 Å². The minimum atomic E-state index is 0.115. The third-order valence-corrected chi connectivity index (χ3v) is 3.52. The van der Waals surface area contributed by atoms with E-state index in [0.29, 0.717) is 5.75 Å². The maximum absolute atomic E-state index is 9.47. The molecule has 0 bridgehead atoms. The highest BCUT2D eigenvalue weighted by Gasteiger charge is 2.20. The van der Waals surface area contributed by atoms with Crippen LogP contribution in [0.15, 0.2) is 30.5 Å². The van der Waals surface area contributed by atoms with Crippen molar-refractivity contribution in [3.8, 4) is 5.75 Å². The van der Waals surface area contributed by atoms with Gasteiger partial charge in [0.2, 0.25) is 0 Å². The number of phenols is 1. The molecule has 4 nitrogen and oxygen atoms in total. The van der Waals surface area contributed by atoms with E-state index in [9.17, 15) is 5.11 Å². The smallest absolute Gasteiger partial charge is 0.115 e. The second kappa shape index (κ2) is 4.46. The van der Waals surface area contributed by atoms with Crippen molar-refractivity contribution in [1.29, 1.82) is 0 Å². The van der Waals surface area contributed by atoms with Crippen LogP contribution in [0.25, 0.3) is 0 Å². The molecule has 2 heterocycles. The molecule has 0 saturated carbocycles. The van der Waals surface area contributed by atoms with Gasteiger partial charge >= 0.3 is 0 Å². The van der Waals surface area contributed by atoms with Crippen LogP contribution >= 0.6 is 0 Å². The molecule has 4 heteroatoms. The van der Waals surface area contributed by atoms with Crippen molar-refractivity contribution in [3.05, 3.63) is 47.5 Å². The fraction of sp³-hybridized carbons (Fsp3) is 0.357. The van der Waals surface area contributed by atoms with Gasteiger partial charge in [0.25, 0.3) is 0 Å². The van der Waals surface area contributed by atoms with Crippen LogP contribution < -0.4 is 5.73 Å². The lowest BCUT2D eigenvalue weighted by atomic mass is 10.1. The summed E-state index contributed by atoms with van der Waals surface area (Å²) in [7, 11) is 0. The lowest BCUT2D eigenvalue weighted by Crippen LogP contribution is -2.22. The van der Waals surface area contributed by atoms with Crippen molar-refractivity contribution >= 4 is 0 Å². The van der Waals surface area contributed by atoms with Crippen molar-refractivity contribution in [3.63, 3.8) is 0 Å². The van der Waals surface area contributed by atoms with Crippen molar-refractivity contribution in [1.82, 2.24) is 9.55 Å². The largest absolute Gasteiger partial charge is 0.508 e. The van der Waals surface area contributed by atoms with Crippen molar-refractivity contribution in [2.75, 3.05) is 0 Å². The molecule has 1 aliphatic heterocycles. The zero-order chi connectivity index (χ0) is 12.5. The zero-order valence-corrected chi connectivity index (χ0v) is 10.2. The fourth-order valence-corrected chi connectivity index (χ4v) is 2.59. The van der Waals surface area contributed by atoms with Crippen molar-refractivity contribution < 1.29 is 5.11 Å². The molecule has 1 atom stereocenters. The van der Waals surface area contributed by atoms with Gasteiger partial charge in [-0.05, 0) is 30.5 Å². The molecule has 1 aromatic heterocycles. The van der Waals surface area contributed by atoms with Gasteiger partial charge in [0.1, 0.15) is 11.6 Å². The molecule has 0 aliphatic carbocycles. The highest BCUT2D eigenvalue weighted by atomic mass is 16.3. The van der Waals surface area contributed by atoms with E-state index in [-0.39, 0.29) is 6.04 Å². The van der Waals surface area contributed by atoms with Gasteiger partial charge in [0.05, 0.1) is 11.9 Å². The second-order valence-corrected chi connectivity index (χ2v) is 4.85. The number of nitrogens with two attached hydrogens (primary N) is 1. The summed E-state index contributed by atoms with van der Waals surface area (Å²) >= 11 is 0. The number of benzene rings is 1. The highest BCUT2D eigenvalue weighted by Crippen LogP contribution is 2.25. The molecule has 18 heavy (non-hydrogen) atoms. The number of aromatic hydroxyl groups is 1. The minimum absolute atomic E-state index is 0.115. The van der Waals surface area contributed by atoms with Gasteiger partial charge in [-0.2, -0.15) is 0 Å². The quantitative estimate of drug-likeness (QED) is 0.847. The monoisotopic (exact) mass is 243 g/mol. The third-order valence-electron chi connectivity index (χ3n) is 3.52. The molecule has 0 amide bonds. The number of hydrogen-bond donors (Lipinski definition) is 2. The average molecular weight is 243 g/mol. The topological polar surface area (TPSA) is 64.1 Å². The first-order valence-electron chi connectivity index (χ1n) is 6.32. The molecule has 94 valence electrons. The maximum Gasteiger partial charge on any atom is 0.115 e. The van der Waals surface area contributed by atoms with E-state index in [1.165, 1.54) is 0 Å². The summed E-state index contributed by atoms with van der Waals surface area (Å²) < 4.78 is 2.22. The summed E-state index contributed by atoms with van der Waals surface area (Å²) in [4.78, 5) is 4.47. The van der Waals surface area contributed by atoms with E-state index < -0.39 is 0 Å². The molecule has 3 rings (SSSR count). The van der Waals surface area contributed by atoms with Crippen LogP contribution in [0, 0.1) is 0 Å². The first kappa shape index (κ1) is 11.3. The fourth-order valence-electron chi connectivity index (χ4n) is 2.59. The van der Waals surface area contributed by atoms with Gasteiger partial charge < -0.3 is 15.4 Å². The minimum Gasteiger partial charge on any atom is -0.508 e. The van der Waals surface area contributed by atoms with Gasteiger partial charge in [-0.25, -0.2) is 4.98 Å². The second-order valence-electron chi connectivity index (χ2n) is 4.85. The first-order chi connectivity index (χ1) is 8.74. The maximum atomic E-state index is 9.47. The Labute approximate surface area is 106 Å². The summed E-state index contributed by atoms with van der Waals surface area (Å²) in [5, 5.41) is 9.47. The van der Waals surface area contributed by atoms with E-state index in [1.54, 1.807) is 12.1 Å². The number of phenolic OH excluding ortho intramolecular Hbond substituents is 1. The number of fused-ring (bicyclic) bond motifs is 1. The van der Waals surface area contributed by atoms with Crippen LogP contribution in [0.3, 0.4) is 0 Å². The van der Waals surface area contributed by atoms with Gasteiger partial charge in [-0.3, -0.25) is 0 Å². The van der Waals surface area contributed by atoms with E-state index in [4.69, 9.17) is 5.73 Å². The Hall–Kier alpha value is -1.81. The van der Waals surface area contributed by atoms with Crippen molar-refractivity contribution in [2.24, 2.45) is 5.73 Å². The van der Waals surface area contributed by atoms with E-state index in [2.05, 4.69) is 9.55 Å². The van der Waals surface area contributed by atoms with Crippen LogP contribution in [0.2, 0.25) is 0 Å². The van der Waals surface area contributed by atoms with E-state index in [1.807, 2.05) is 18.3 Å². The Bertz CT molecular complexity index is 562. The van der Waals surface area contributed by atoms with Gasteiger partial charge in [0.15, 0.2) is 0 Å². The molecule has 0 spiro atoms. The van der Waals surface area contributed by atoms with Crippen LogP contribution in [0.5, 0.6) is 5.75 Å². The molecule has 0 radical (unpaired) electrons.